The predicted molar refractivity (Wildman–Crippen MR) is 115 cm³/mol. The molecule has 0 saturated carbocycles. The van der Waals surface area contributed by atoms with Crippen LogP contribution in [-0.2, 0) is 17.4 Å². The normalized spacial score (nSPS) is 11.2. The number of halogens is 6. The van der Waals surface area contributed by atoms with E-state index in [1.807, 2.05) is 0 Å². The van der Waals surface area contributed by atoms with Crippen LogP contribution in [0.4, 0.5) is 28.9 Å². The van der Waals surface area contributed by atoms with Gasteiger partial charge in [0, 0.05) is 11.3 Å². The van der Waals surface area contributed by atoms with Crippen LogP contribution in [0.5, 0.6) is 0 Å². The summed E-state index contributed by atoms with van der Waals surface area (Å²) in [5, 5.41) is 5.05. The second-order valence-electron chi connectivity index (χ2n) is 6.69. The Labute approximate surface area is 190 Å². The molecule has 2 N–H and O–H groups in total. The zero-order chi connectivity index (χ0) is 23.5. The fraction of sp³-hybridized carbons (Fsp3) is 0.0909. The number of hydrogen-bond acceptors (Lipinski definition) is 2. The van der Waals surface area contributed by atoms with Crippen LogP contribution in [-0.4, -0.2) is 11.8 Å². The molecule has 0 bridgehead atoms. The first-order valence-corrected chi connectivity index (χ1v) is 9.80. The molecule has 0 unspecified atom stereocenters. The van der Waals surface area contributed by atoms with Crippen LogP contribution < -0.4 is 10.6 Å². The summed E-state index contributed by atoms with van der Waals surface area (Å²) in [5.74, 6) is -1.96. The average molecular weight is 485 g/mol. The third-order valence-electron chi connectivity index (χ3n) is 4.31. The van der Waals surface area contributed by atoms with Gasteiger partial charge < -0.3 is 10.6 Å². The predicted octanol–water partition coefficient (Wildman–Crippen LogP) is 6.58. The van der Waals surface area contributed by atoms with Gasteiger partial charge in [0.25, 0.3) is 5.91 Å². The number of carbonyl (C=O) groups is 2. The maximum absolute atomic E-state index is 13.6. The summed E-state index contributed by atoms with van der Waals surface area (Å²) in [5.41, 5.74) is -1.22. The van der Waals surface area contributed by atoms with E-state index < -0.39 is 35.1 Å². The topological polar surface area (TPSA) is 58.2 Å². The van der Waals surface area contributed by atoms with Gasteiger partial charge in [-0.25, -0.2) is 4.39 Å². The van der Waals surface area contributed by atoms with E-state index in [2.05, 4.69) is 10.6 Å². The fourth-order valence-corrected chi connectivity index (χ4v) is 3.12. The summed E-state index contributed by atoms with van der Waals surface area (Å²) in [6.45, 7) is 0. The van der Waals surface area contributed by atoms with Crippen molar-refractivity contribution in [1.82, 2.24) is 0 Å². The summed E-state index contributed by atoms with van der Waals surface area (Å²) in [6, 6.07) is 11.9. The zero-order valence-electron chi connectivity index (χ0n) is 16.1. The Morgan fingerprint density at radius 3 is 2.16 bits per heavy atom. The van der Waals surface area contributed by atoms with Gasteiger partial charge in [0.1, 0.15) is 5.82 Å². The van der Waals surface area contributed by atoms with Crippen molar-refractivity contribution >= 4 is 46.4 Å². The number of nitrogens with one attached hydrogen (secondary N) is 2. The largest absolute Gasteiger partial charge is 0.418 e. The molecular weight excluding hydrogens is 471 g/mol. The molecule has 0 spiro atoms. The molecule has 2 amide bonds. The lowest BCUT2D eigenvalue weighted by molar-refractivity contribution is -0.136. The van der Waals surface area contributed by atoms with Crippen LogP contribution in [0.3, 0.4) is 0 Å². The van der Waals surface area contributed by atoms with E-state index in [0.717, 1.165) is 18.2 Å². The molecule has 0 heterocycles. The first-order valence-electron chi connectivity index (χ1n) is 9.05. The average Bonchev–Trinajstić information content (AvgIpc) is 2.71. The van der Waals surface area contributed by atoms with Gasteiger partial charge in [0.05, 0.1) is 27.7 Å². The van der Waals surface area contributed by atoms with E-state index >= 15 is 0 Å². The van der Waals surface area contributed by atoms with Gasteiger partial charge in [-0.3, -0.25) is 9.59 Å². The monoisotopic (exact) mass is 484 g/mol. The lowest BCUT2D eigenvalue weighted by Gasteiger charge is -2.16. The van der Waals surface area contributed by atoms with E-state index in [1.165, 1.54) is 36.4 Å². The molecule has 0 aliphatic carbocycles. The molecular formula is C22H14Cl2F4N2O2. The Bertz CT molecular complexity index is 1170. The van der Waals surface area contributed by atoms with Gasteiger partial charge in [0.15, 0.2) is 0 Å². The maximum atomic E-state index is 13.6. The number of alkyl halides is 3. The lowest BCUT2D eigenvalue weighted by atomic mass is 10.1. The highest BCUT2D eigenvalue weighted by Gasteiger charge is 2.34. The Balaban J connectivity index is 1.78. The van der Waals surface area contributed by atoms with Crippen molar-refractivity contribution in [2.45, 2.75) is 12.6 Å². The second kappa shape index (κ2) is 9.58. The highest BCUT2D eigenvalue weighted by molar-refractivity contribution is 6.42. The molecule has 0 fully saturated rings. The highest BCUT2D eigenvalue weighted by atomic mass is 35.5. The lowest BCUT2D eigenvalue weighted by Crippen LogP contribution is -2.19. The molecule has 4 nitrogen and oxygen atoms in total. The van der Waals surface area contributed by atoms with Crippen LogP contribution >= 0.6 is 23.2 Å². The molecule has 3 rings (SSSR count). The minimum Gasteiger partial charge on any atom is -0.325 e. The SMILES string of the molecule is O=C(Cc1ccc(Cl)c(Cl)c1)Nc1ccc(NC(=O)c2ccc(F)cc2)cc1C(F)(F)F. The third kappa shape index (κ3) is 5.99. The van der Waals surface area contributed by atoms with Crippen molar-refractivity contribution in [2.75, 3.05) is 10.6 Å². The standard InChI is InChI=1S/C22H14Cl2F4N2O2/c23-17-7-1-12(9-18(17)24)10-20(31)30-19-8-6-15(11-16(19)22(26,27)28)29-21(32)13-2-4-14(25)5-3-13/h1-9,11H,10H2,(H,29,32)(H,30,31). The molecule has 10 heteroatoms. The zero-order valence-corrected chi connectivity index (χ0v) is 17.6. The third-order valence-corrected chi connectivity index (χ3v) is 5.05. The first kappa shape index (κ1) is 23.6. The summed E-state index contributed by atoms with van der Waals surface area (Å²) in [6.07, 6.45) is -5.03. The number of benzene rings is 3. The summed E-state index contributed by atoms with van der Waals surface area (Å²) >= 11 is 11.7. The molecule has 3 aromatic carbocycles. The Morgan fingerprint density at radius 2 is 1.53 bits per heavy atom. The van der Waals surface area contributed by atoms with Gasteiger partial charge in [-0.05, 0) is 60.2 Å². The van der Waals surface area contributed by atoms with Gasteiger partial charge >= 0.3 is 6.18 Å². The summed E-state index contributed by atoms with van der Waals surface area (Å²) in [4.78, 5) is 24.5. The van der Waals surface area contributed by atoms with Crippen LogP contribution in [0, 0.1) is 5.82 Å². The molecule has 0 atom stereocenters. The Morgan fingerprint density at radius 1 is 0.844 bits per heavy atom. The highest BCUT2D eigenvalue weighted by Crippen LogP contribution is 2.37. The van der Waals surface area contributed by atoms with E-state index in [9.17, 15) is 27.2 Å². The number of hydrogen-bond donors (Lipinski definition) is 2. The van der Waals surface area contributed by atoms with Crippen molar-refractivity contribution in [3.05, 3.63) is 93.2 Å². The van der Waals surface area contributed by atoms with Crippen molar-refractivity contribution < 1.29 is 27.2 Å². The van der Waals surface area contributed by atoms with Crippen LogP contribution in [0.15, 0.2) is 60.7 Å². The van der Waals surface area contributed by atoms with Gasteiger partial charge in [0.2, 0.25) is 5.91 Å². The van der Waals surface area contributed by atoms with Crippen molar-refractivity contribution in [1.29, 1.82) is 0 Å². The number of amides is 2. The van der Waals surface area contributed by atoms with Crippen LogP contribution in [0.25, 0.3) is 0 Å². The Hall–Kier alpha value is -3.10. The number of anilines is 2. The van der Waals surface area contributed by atoms with Crippen LogP contribution in [0.2, 0.25) is 10.0 Å². The van der Waals surface area contributed by atoms with E-state index in [-0.39, 0.29) is 27.7 Å². The van der Waals surface area contributed by atoms with Gasteiger partial charge in [-0.1, -0.05) is 29.3 Å². The van der Waals surface area contributed by atoms with Gasteiger partial charge in [-0.15, -0.1) is 0 Å². The molecule has 166 valence electrons. The molecule has 0 aromatic heterocycles. The summed E-state index contributed by atoms with van der Waals surface area (Å²) in [7, 11) is 0. The first-order chi connectivity index (χ1) is 15.0. The Kier molecular flexibility index (Phi) is 7.06. The molecule has 32 heavy (non-hydrogen) atoms. The van der Waals surface area contributed by atoms with Crippen molar-refractivity contribution in [2.24, 2.45) is 0 Å². The number of carbonyl (C=O) groups excluding carboxylic acids is 2. The summed E-state index contributed by atoms with van der Waals surface area (Å²) < 4.78 is 53.7. The molecule has 3 aromatic rings. The molecule has 0 aliphatic heterocycles. The van der Waals surface area contributed by atoms with Crippen molar-refractivity contribution in [3.8, 4) is 0 Å². The molecule has 0 radical (unpaired) electrons. The smallest absolute Gasteiger partial charge is 0.325 e. The van der Waals surface area contributed by atoms with E-state index in [0.29, 0.717) is 11.6 Å². The fourth-order valence-electron chi connectivity index (χ4n) is 2.80. The minimum absolute atomic E-state index is 0.0685. The van der Waals surface area contributed by atoms with Crippen LogP contribution in [0.1, 0.15) is 21.5 Å². The molecule has 0 aliphatic rings. The van der Waals surface area contributed by atoms with E-state index in [4.69, 9.17) is 23.2 Å². The maximum Gasteiger partial charge on any atom is 0.418 e. The van der Waals surface area contributed by atoms with Crippen molar-refractivity contribution in [3.63, 3.8) is 0 Å². The second-order valence-corrected chi connectivity index (χ2v) is 7.51. The van der Waals surface area contributed by atoms with Gasteiger partial charge in [-0.2, -0.15) is 13.2 Å². The molecule has 0 saturated heterocycles. The quantitative estimate of drug-likeness (QED) is 0.401. The number of rotatable bonds is 5. The minimum atomic E-state index is -4.80. The van der Waals surface area contributed by atoms with E-state index in [1.54, 1.807) is 0 Å².